The fourth-order valence-corrected chi connectivity index (χ4v) is 2.70. The van der Waals surface area contributed by atoms with Crippen LogP contribution in [0, 0.1) is 0 Å². The van der Waals surface area contributed by atoms with Gasteiger partial charge in [-0.2, -0.15) is 13.2 Å². The van der Waals surface area contributed by atoms with Crippen molar-refractivity contribution in [3.05, 3.63) is 53.0 Å². The predicted octanol–water partition coefficient (Wildman–Crippen LogP) is 4.32. The Hall–Kier alpha value is -2.15. The van der Waals surface area contributed by atoms with Crippen LogP contribution in [0.4, 0.5) is 19.1 Å². The van der Waals surface area contributed by atoms with Crippen LogP contribution in [-0.2, 0) is 12.7 Å². The minimum absolute atomic E-state index is 0.321. The van der Waals surface area contributed by atoms with E-state index in [0.717, 1.165) is 11.6 Å². The topological polar surface area (TPSA) is 37.8 Å². The standard InChI is InChI=1S/C14H10F3N3S/c15-14(16,17)11-6-10-8-19-13(20-12(10)21-11)18-7-9-4-2-1-3-5-9/h1-6,8H,7H2,(H,18,19,20). The lowest BCUT2D eigenvalue weighted by Crippen LogP contribution is -2.02. The molecule has 108 valence electrons. The number of benzene rings is 1. The van der Waals surface area contributed by atoms with Crippen LogP contribution in [0.3, 0.4) is 0 Å². The summed E-state index contributed by atoms with van der Waals surface area (Å²) in [5.41, 5.74) is 1.04. The first-order chi connectivity index (χ1) is 10.0. The summed E-state index contributed by atoms with van der Waals surface area (Å²) in [6.45, 7) is 0.518. The summed E-state index contributed by atoms with van der Waals surface area (Å²) in [4.78, 5) is 7.82. The van der Waals surface area contributed by atoms with Gasteiger partial charge in [-0.25, -0.2) is 9.97 Å². The lowest BCUT2D eigenvalue weighted by atomic mass is 10.2. The van der Waals surface area contributed by atoms with E-state index < -0.39 is 11.1 Å². The van der Waals surface area contributed by atoms with E-state index in [9.17, 15) is 13.2 Å². The molecule has 2 heterocycles. The first-order valence-electron chi connectivity index (χ1n) is 6.14. The van der Waals surface area contributed by atoms with Crippen LogP contribution >= 0.6 is 11.3 Å². The van der Waals surface area contributed by atoms with E-state index >= 15 is 0 Å². The van der Waals surface area contributed by atoms with Crippen molar-refractivity contribution in [2.45, 2.75) is 12.7 Å². The summed E-state index contributed by atoms with van der Waals surface area (Å²) < 4.78 is 37.9. The zero-order valence-electron chi connectivity index (χ0n) is 10.7. The minimum Gasteiger partial charge on any atom is -0.350 e. The molecule has 7 heteroatoms. The molecule has 0 bridgehead atoms. The highest BCUT2D eigenvalue weighted by atomic mass is 32.1. The third-order valence-electron chi connectivity index (χ3n) is 2.85. The zero-order valence-corrected chi connectivity index (χ0v) is 11.5. The van der Waals surface area contributed by atoms with Crippen LogP contribution in [-0.4, -0.2) is 9.97 Å². The fourth-order valence-electron chi connectivity index (χ4n) is 1.83. The summed E-state index contributed by atoms with van der Waals surface area (Å²) in [7, 11) is 0. The Morgan fingerprint density at radius 1 is 1.14 bits per heavy atom. The van der Waals surface area contributed by atoms with E-state index in [2.05, 4.69) is 15.3 Å². The second-order valence-electron chi connectivity index (χ2n) is 4.40. The molecule has 0 saturated carbocycles. The second kappa shape index (κ2) is 5.33. The number of alkyl halides is 3. The predicted molar refractivity (Wildman–Crippen MR) is 76.2 cm³/mol. The van der Waals surface area contributed by atoms with Gasteiger partial charge in [0.25, 0.3) is 0 Å². The number of halogens is 3. The maximum Gasteiger partial charge on any atom is 0.425 e. The van der Waals surface area contributed by atoms with Gasteiger partial charge < -0.3 is 5.32 Å². The van der Waals surface area contributed by atoms with Gasteiger partial charge in [0.1, 0.15) is 9.71 Å². The molecule has 0 aliphatic rings. The number of hydrogen-bond acceptors (Lipinski definition) is 4. The molecule has 0 fully saturated rings. The Kier molecular flexibility index (Phi) is 3.50. The van der Waals surface area contributed by atoms with Gasteiger partial charge in [0.15, 0.2) is 0 Å². The average molecular weight is 309 g/mol. The van der Waals surface area contributed by atoms with Crippen LogP contribution in [0.2, 0.25) is 0 Å². The van der Waals surface area contributed by atoms with Gasteiger partial charge in [-0.3, -0.25) is 0 Å². The summed E-state index contributed by atoms with van der Waals surface area (Å²) in [6, 6.07) is 10.7. The lowest BCUT2D eigenvalue weighted by molar-refractivity contribution is -0.134. The Balaban J connectivity index is 1.81. The SMILES string of the molecule is FC(F)(F)c1cc2cnc(NCc3ccccc3)nc2s1. The summed E-state index contributed by atoms with van der Waals surface area (Å²) >= 11 is 0.624. The van der Waals surface area contributed by atoms with Crippen molar-refractivity contribution in [1.82, 2.24) is 9.97 Å². The highest BCUT2D eigenvalue weighted by Gasteiger charge is 2.33. The van der Waals surface area contributed by atoms with Crippen molar-refractivity contribution in [3.63, 3.8) is 0 Å². The Morgan fingerprint density at radius 2 is 1.90 bits per heavy atom. The molecule has 0 aliphatic carbocycles. The molecule has 0 aliphatic heterocycles. The van der Waals surface area contributed by atoms with Crippen molar-refractivity contribution in [2.24, 2.45) is 0 Å². The first-order valence-corrected chi connectivity index (χ1v) is 6.95. The number of nitrogens with zero attached hydrogens (tertiary/aromatic N) is 2. The Morgan fingerprint density at radius 3 is 2.62 bits per heavy atom. The normalized spacial score (nSPS) is 11.8. The van der Waals surface area contributed by atoms with Crippen LogP contribution in [0.15, 0.2) is 42.6 Å². The molecule has 0 radical (unpaired) electrons. The quantitative estimate of drug-likeness (QED) is 0.783. The molecule has 21 heavy (non-hydrogen) atoms. The van der Waals surface area contributed by atoms with Crippen molar-refractivity contribution in [1.29, 1.82) is 0 Å². The monoisotopic (exact) mass is 309 g/mol. The maximum absolute atomic E-state index is 12.6. The molecule has 0 spiro atoms. The maximum atomic E-state index is 12.6. The van der Waals surface area contributed by atoms with Crippen LogP contribution < -0.4 is 5.32 Å². The molecule has 3 aromatic rings. The number of hydrogen-bond donors (Lipinski definition) is 1. The minimum atomic E-state index is -4.34. The largest absolute Gasteiger partial charge is 0.425 e. The van der Waals surface area contributed by atoms with Crippen molar-refractivity contribution < 1.29 is 13.2 Å². The van der Waals surface area contributed by atoms with Crippen LogP contribution in [0.1, 0.15) is 10.4 Å². The van der Waals surface area contributed by atoms with Gasteiger partial charge in [0.2, 0.25) is 5.95 Å². The molecular formula is C14H10F3N3S. The summed E-state index contributed by atoms with van der Waals surface area (Å²) in [5, 5.41) is 3.40. The van der Waals surface area contributed by atoms with E-state index in [4.69, 9.17) is 0 Å². The molecular weight excluding hydrogens is 299 g/mol. The van der Waals surface area contributed by atoms with E-state index in [-0.39, 0.29) is 0 Å². The highest BCUT2D eigenvalue weighted by molar-refractivity contribution is 7.18. The molecule has 0 atom stereocenters. The van der Waals surface area contributed by atoms with E-state index in [0.29, 0.717) is 34.0 Å². The summed E-state index contributed by atoms with van der Waals surface area (Å²) in [6.07, 6.45) is -2.94. The smallest absolute Gasteiger partial charge is 0.350 e. The van der Waals surface area contributed by atoms with Crippen molar-refractivity contribution in [2.75, 3.05) is 5.32 Å². The number of rotatable bonds is 3. The Labute approximate surface area is 122 Å². The average Bonchev–Trinajstić information content (AvgIpc) is 2.89. The zero-order chi connectivity index (χ0) is 14.9. The van der Waals surface area contributed by atoms with Gasteiger partial charge in [-0.15, -0.1) is 11.3 Å². The lowest BCUT2D eigenvalue weighted by Gasteiger charge is -2.04. The fraction of sp³-hybridized carbons (Fsp3) is 0.143. The Bertz CT molecular complexity index is 753. The van der Waals surface area contributed by atoms with E-state index in [1.54, 1.807) is 0 Å². The molecule has 1 aromatic carbocycles. The number of aromatic nitrogens is 2. The van der Waals surface area contributed by atoms with Gasteiger partial charge in [0, 0.05) is 18.1 Å². The third-order valence-corrected chi connectivity index (χ3v) is 3.94. The van der Waals surface area contributed by atoms with Crippen LogP contribution in [0.25, 0.3) is 10.2 Å². The number of thiophene rings is 1. The molecule has 3 rings (SSSR count). The highest BCUT2D eigenvalue weighted by Crippen LogP contribution is 2.37. The first kappa shape index (κ1) is 13.8. The third kappa shape index (κ3) is 3.13. The molecule has 0 unspecified atom stereocenters. The molecule has 0 saturated heterocycles. The number of nitrogens with one attached hydrogen (secondary N) is 1. The van der Waals surface area contributed by atoms with Gasteiger partial charge in [-0.05, 0) is 11.6 Å². The molecule has 2 aromatic heterocycles. The van der Waals surface area contributed by atoms with Gasteiger partial charge in [-0.1, -0.05) is 30.3 Å². The van der Waals surface area contributed by atoms with Crippen molar-refractivity contribution >= 4 is 27.5 Å². The van der Waals surface area contributed by atoms with E-state index in [1.807, 2.05) is 30.3 Å². The van der Waals surface area contributed by atoms with E-state index in [1.165, 1.54) is 6.20 Å². The summed E-state index contributed by atoms with van der Waals surface area (Å²) in [5.74, 6) is 0.321. The second-order valence-corrected chi connectivity index (χ2v) is 5.43. The van der Waals surface area contributed by atoms with Crippen LogP contribution in [0.5, 0.6) is 0 Å². The van der Waals surface area contributed by atoms with Gasteiger partial charge >= 0.3 is 6.18 Å². The van der Waals surface area contributed by atoms with Gasteiger partial charge in [0.05, 0.1) is 0 Å². The number of anilines is 1. The molecule has 3 nitrogen and oxygen atoms in total. The number of fused-ring (bicyclic) bond motifs is 1. The molecule has 0 amide bonds. The molecule has 1 N–H and O–H groups in total. The van der Waals surface area contributed by atoms with Crippen molar-refractivity contribution in [3.8, 4) is 0 Å².